The summed E-state index contributed by atoms with van der Waals surface area (Å²) >= 11 is 0. The van der Waals surface area contributed by atoms with E-state index in [4.69, 9.17) is 4.98 Å². The average Bonchev–Trinajstić information content (AvgIpc) is 2.62. The van der Waals surface area contributed by atoms with E-state index in [0.717, 1.165) is 55.5 Å². The van der Waals surface area contributed by atoms with Crippen LogP contribution in [0.1, 0.15) is 31.0 Å². The van der Waals surface area contributed by atoms with Gasteiger partial charge < -0.3 is 9.80 Å². The number of aromatic nitrogens is 2. The van der Waals surface area contributed by atoms with Crippen LogP contribution in [0.15, 0.2) is 30.3 Å². The van der Waals surface area contributed by atoms with Crippen molar-refractivity contribution < 1.29 is 4.79 Å². The lowest BCUT2D eigenvalue weighted by molar-refractivity contribution is -0.131. The van der Waals surface area contributed by atoms with Crippen LogP contribution in [0.4, 0.5) is 5.82 Å². The molecule has 1 aromatic carbocycles. The van der Waals surface area contributed by atoms with Crippen molar-refractivity contribution in [1.29, 1.82) is 0 Å². The van der Waals surface area contributed by atoms with Crippen molar-refractivity contribution in [2.45, 2.75) is 33.6 Å². The topological polar surface area (TPSA) is 49.3 Å². The molecular formula is C20H26N4O. The SMILES string of the molecule is CCCC(=O)N1CCN(c2cc(C)nc(-c3ccc(C)cc3)n2)CC1. The lowest BCUT2D eigenvalue weighted by Crippen LogP contribution is -2.49. The van der Waals surface area contributed by atoms with Crippen LogP contribution in [0.2, 0.25) is 0 Å². The molecule has 0 spiro atoms. The van der Waals surface area contributed by atoms with Crippen molar-refractivity contribution >= 4 is 11.7 Å². The Hall–Kier alpha value is -2.43. The van der Waals surface area contributed by atoms with Crippen LogP contribution in [0.5, 0.6) is 0 Å². The van der Waals surface area contributed by atoms with Gasteiger partial charge in [0.05, 0.1) is 0 Å². The highest BCUT2D eigenvalue weighted by Crippen LogP contribution is 2.21. The minimum atomic E-state index is 0.265. The molecule has 0 unspecified atom stereocenters. The second-order valence-corrected chi connectivity index (χ2v) is 6.67. The Bertz CT molecular complexity index is 734. The lowest BCUT2D eigenvalue weighted by Gasteiger charge is -2.35. The fourth-order valence-corrected chi connectivity index (χ4v) is 3.10. The predicted molar refractivity (Wildman–Crippen MR) is 101 cm³/mol. The molecule has 0 aliphatic carbocycles. The number of carbonyl (C=O) groups excluding carboxylic acids is 1. The van der Waals surface area contributed by atoms with Gasteiger partial charge in [0.1, 0.15) is 5.82 Å². The molecule has 3 rings (SSSR count). The van der Waals surface area contributed by atoms with Crippen molar-refractivity contribution in [2.24, 2.45) is 0 Å². The number of aryl methyl sites for hydroxylation is 2. The van der Waals surface area contributed by atoms with Crippen molar-refractivity contribution in [2.75, 3.05) is 31.1 Å². The monoisotopic (exact) mass is 338 g/mol. The van der Waals surface area contributed by atoms with Gasteiger partial charge in [-0.2, -0.15) is 0 Å². The van der Waals surface area contributed by atoms with E-state index >= 15 is 0 Å². The highest BCUT2D eigenvalue weighted by Gasteiger charge is 2.22. The fourth-order valence-electron chi connectivity index (χ4n) is 3.10. The van der Waals surface area contributed by atoms with E-state index in [-0.39, 0.29) is 5.91 Å². The number of nitrogens with zero attached hydrogens (tertiary/aromatic N) is 4. The Morgan fingerprint density at radius 2 is 1.72 bits per heavy atom. The van der Waals surface area contributed by atoms with Gasteiger partial charge in [0, 0.05) is 49.9 Å². The highest BCUT2D eigenvalue weighted by atomic mass is 16.2. The Balaban J connectivity index is 1.75. The van der Waals surface area contributed by atoms with Gasteiger partial charge in [-0.3, -0.25) is 4.79 Å². The normalized spacial score (nSPS) is 14.7. The fraction of sp³-hybridized carbons (Fsp3) is 0.450. The summed E-state index contributed by atoms with van der Waals surface area (Å²) in [5.74, 6) is 1.98. The maximum atomic E-state index is 12.0. The van der Waals surface area contributed by atoms with Gasteiger partial charge in [-0.1, -0.05) is 36.8 Å². The van der Waals surface area contributed by atoms with Gasteiger partial charge in [0.2, 0.25) is 5.91 Å². The first-order valence-electron chi connectivity index (χ1n) is 9.02. The maximum absolute atomic E-state index is 12.0. The molecule has 2 aromatic rings. The molecule has 2 heterocycles. The minimum Gasteiger partial charge on any atom is -0.353 e. The number of piperazine rings is 1. The number of rotatable bonds is 4. The Kier molecular flexibility index (Phi) is 5.31. The second-order valence-electron chi connectivity index (χ2n) is 6.67. The zero-order valence-electron chi connectivity index (χ0n) is 15.3. The molecule has 5 nitrogen and oxygen atoms in total. The van der Waals surface area contributed by atoms with E-state index < -0.39 is 0 Å². The van der Waals surface area contributed by atoms with Gasteiger partial charge >= 0.3 is 0 Å². The van der Waals surface area contributed by atoms with Crippen LogP contribution in [0.25, 0.3) is 11.4 Å². The molecule has 1 fully saturated rings. The average molecular weight is 338 g/mol. The Labute approximate surface area is 149 Å². The van der Waals surface area contributed by atoms with Crippen LogP contribution in [-0.4, -0.2) is 47.0 Å². The molecule has 25 heavy (non-hydrogen) atoms. The molecule has 1 amide bonds. The predicted octanol–water partition coefficient (Wildman–Crippen LogP) is 3.21. The number of carbonyl (C=O) groups is 1. The van der Waals surface area contributed by atoms with Crippen molar-refractivity contribution in [3.63, 3.8) is 0 Å². The standard InChI is InChI=1S/C20H26N4O/c1-4-5-19(25)24-12-10-23(11-13-24)18-14-16(3)21-20(22-18)17-8-6-15(2)7-9-17/h6-9,14H,4-5,10-13H2,1-3H3. The summed E-state index contributed by atoms with van der Waals surface area (Å²) in [4.78, 5) is 25.6. The molecule has 0 bridgehead atoms. The van der Waals surface area contributed by atoms with Crippen LogP contribution in [0.3, 0.4) is 0 Å². The van der Waals surface area contributed by atoms with Crippen LogP contribution in [0, 0.1) is 13.8 Å². The van der Waals surface area contributed by atoms with E-state index in [0.29, 0.717) is 6.42 Å². The van der Waals surface area contributed by atoms with E-state index in [1.807, 2.05) is 24.8 Å². The Morgan fingerprint density at radius 3 is 2.36 bits per heavy atom. The smallest absolute Gasteiger partial charge is 0.222 e. The molecule has 0 atom stereocenters. The number of hydrogen-bond donors (Lipinski definition) is 0. The molecule has 1 aliphatic heterocycles. The highest BCUT2D eigenvalue weighted by molar-refractivity contribution is 5.76. The first-order chi connectivity index (χ1) is 12.1. The van der Waals surface area contributed by atoms with Crippen molar-refractivity contribution in [3.05, 3.63) is 41.6 Å². The maximum Gasteiger partial charge on any atom is 0.222 e. The Morgan fingerprint density at radius 1 is 1.04 bits per heavy atom. The molecule has 0 radical (unpaired) electrons. The lowest BCUT2D eigenvalue weighted by atomic mass is 10.1. The summed E-state index contributed by atoms with van der Waals surface area (Å²) in [5.41, 5.74) is 3.22. The summed E-state index contributed by atoms with van der Waals surface area (Å²) in [6.07, 6.45) is 1.55. The molecule has 132 valence electrons. The molecule has 0 N–H and O–H groups in total. The largest absolute Gasteiger partial charge is 0.353 e. The molecule has 0 saturated carbocycles. The number of anilines is 1. The van der Waals surface area contributed by atoms with Gasteiger partial charge in [-0.25, -0.2) is 9.97 Å². The van der Waals surface area contributed by atoms with Gasteiger partial charge in [-0.05, 0) is 20.3 Å². The van der Waals surface area contributed by atoms with Crippen molar-refractivity contribution in [3.8, 4) is 11.4 Å². The summed E-state index contributed by atoms with van der Waals surface area (Å²) in [6, 6.07) is 10.3. The molecule has 1 aromatic heterocycles. The molecular weight excluding hydrogens is 312 g/mol. The van der Waals surface area contributed by atoms with Crippen LogP contribution < -0.4 is 4.90 Å². The summed E-state index contributed by atoms with van der Waals surface area (Å²) in [7, 11) is 0. The number of amides is 1. The van der Waals surface area contributed by atoms with Gasteiger partial charge in [0.25, 0.3) is 0 Å². The number of hydrogen-bond acceptors (Lipinski definition) is 4. The minimum absolute atomic E-state index is 0.265. The van der Waals surface area contributed by atoms with E-state index in [1.165, 1.54) is 5.56 Å². The summed E-state index contributed by atoms with van der Waals surface area (Å²) < 4.78 is 0. The zero-order chi connectivity index (χ0) is 17.8. The molecule has 1 saturated heterocycles. The summed E-state index contributed by atoms with van der Waals surface area (Å²) in [5, 5.41) is 0. The van der Waals surface area contributed by atoms with E-state index in [2.05, 4.69) is 41.1 Å². The first kappa shape index (κ1) is 17.4. The first-order valence-corrected chi connectivity index (χ1v) is 9.02. The van der Waals surface area contributed by atoms with Crippen molar-refractivity contribution in [1.82, 2.24) is 14.9 Å². The van der Waals surface area contributed by atoms with Crippen LogP contribution >= 0.6 is 0 Å². The summed E-state index contributed by atoms with van der Waals surface area (Å²) in [6.45, 7) is 9.29. The third-order valence-electron chi connectivity index (χ3n) is 4.57. The number of benzene rings is 1. The quantitative estimate of drug-likeness (QED) is 0.859. The van der Waals surface area contributed by atoms with Gasteiger partial charge in [-0.15, -0.1) is 0 Å². The van der Waals surface area contributed by atoms with E-state index in [9.17, 15) is 4.79 Å². The zero-order valence-corrected chi connectivity index (χ0v) is 15.3. The molecule has 5 heteroatoms. The third kappa shape index (κ3) is 4.16. The van der Waals surface area contributed by atoms with E-state index in [1.54, 1.807) is 0 Å². The van der Waals surface area contributed by atoms with Gasteiger partial charge in [0.15, 0.2) is 5.82 Å². The second kappa shape index (κ2) is 7.64. The third-order valence-corrected chi connectivity index (χ3v) is 4.57. The molecule has 1 aliphatic rings. The van der Waals surface area contributed by atoms with Crippen LogP contribution in [-0.2, 0) is 4.79 Å².